The Morgan fingerprint density at radius 2 is 1.86 bits per heavy atom. The van der Waals surface area contributed by atoms with Crippen molar-refractivity contribution >= 4 is 27.4 Å². The number of benzene rings is 1. The Hall–Kier alpha value is -2.94. The number of carbonyl (C=O) groups is 2. The van der Waals surface area contributed by atoms with Gasteiger partial charge in [0.1, 0.15) is 5.57 Å². The molecule has 0 unspecified atom stereocenters. The zero-order chi connectivity index (χ0) is 26.2. The lowest BCUT2D eigenvalue weighted by Gasteiger charge is -2.37. The molecule has 2 N–H and O–H groups in total. The molecule has 0 saturated heterocycles. The van der Waals surface area contributed by atoms with Crippen LogP contribution in [-0.4, -0.2) is 35.3 Å². The van der Waals surface area contributed by atoms with Gasteiger partial charge >= 0.3 is 0 Å². The standard InChI is InChI=1S/C28H36N4O4S/c1-3-4-5-6-19-9-11-21(12-10-19)28(2)17-23(24-15-16-32(30-24)18-20-7-8-20)25(26(33)29-28)27(34)31-37(35,36)22-13-14-22/h9-12,15-16,20,22H,3-8,13-14,17-18H2,1-2H3,(H,29,33)(H,31,34)/t28-/m0/s1. The van der Waals surface area contributed by atoms with Gasteiger partial charge in [-0.25, -0.2) is 13.1 Å². The second-order valence-electron chi connectivity index (χ2n) is 11.0. The Balaban J connectivity index is 1.46. The minimum Gasteiger partial charge on any atom is -0.342 e. The van der Waals surface area contributed by atoms with E-state index >= 15 is 0 Å². The molecule has 8 nitrogen and oxygen atoms in total. The summed E-state index contributed by atoms with van der Waals surface area (Å²) in [6.45, 7) is 4.92. The van der Waals surface area contributed by atoms with Crippen LogP contribution in [0.3, 0.4) is 0 Å². The largest absolute Gasteiger partial charge is 0.342 e. The summed E-state index contributed by atoms with van der Waals surface area (Å²) in [5, 5.41) is 7.13. The first-order valence-corrected chi connectivity index (χ1v) is 15.0. The lowest BCUT2D eigenvalue weighted by atomic mass is 9.79. The van der Waals surface area contributed by atoms with E-state index in [1.54, 1.807) is 0 Å². The maximum absolute atomic E-state index is 13.5. The average molecular weight is 525 g/mol. The van der Waals surface area contributed by atoms with Gasteiger partial charge in [0.2, 0.25) is 10.0 Å². The van der Waals surface area contributed by atoms with Crippen molar-refractivity contribution in [3.05, 3.63) is 58.9 Å². The Morgan fingerprint density at radius 1 is 1.14 bits per heavy atom. The number of aryl methyl sites for hydroxylation is 1. The molecule has 1 aromatic carbocycles. The van der Waals surface area contributed by atoms with Crippen LogP contribution in [0.5, 0.6) is 0 Å². The molecule has 0 bridgehead atoms. The van der Waals surface area contributed by atoms with Crippen LogP contribution in [0.25, 0.3) is 5.57 Å². The van der Waals surface area contributed by atoms with Gasteiger partial charge in [-0.15, -0.1) is 0 Å². The molecule has 1 aromatic heterocycles. The van der Waals surface area contributed by atoms with Crippen LogP contribution in [-0.2, 0) is 38.1 Å². The van der Waals surface area contributed by atoms with E-state index < -0.39 is 32.6 Å². The van der Waals surface area contributed by atoms with Crippen molar-refractivity contribution in [3.63, 3.8) is 0 Å². The normalized spacial score (nSPS) is 22.2. The number of hydrogen-bond acceptors (Lipinski definition) is 5. The van der Waals surface area contributed by atoms with Crippen LogP contribution in [0, 0.1) is 5.92 Å². The fourth-order valence-electron chi connectivity index (χ4n) is 5.02. The van der Waals surface area contributed by atoms with Gasteiger partial charge in [0.05, 0.1) is 16.5 Å². The number of hydrogen-bond donors (Lipinski definition) is 2. The zero-order valence-electron chi connectivity index (χ0n) is 21.6. The Kier molecular flexibility index (Phi) is 7.00. The molecule has 2 saturated carbocycles. The summed E-state index contributed by atoms with van der Waals surface area (Å²) in [5.74, 6) is -0.857. The first kappa shape index (κ1) is 25.7. The molecule has 2 amide bonds. The van der Waals surface area contributed by atoms with Crippen molar-refractivity contribution in [3.8, 4) is 0 Å². The third kappa shape index (κ3) is 5.81. The molecule has 37 heavy (non-hydrogen) atoms. The number of rotatable bonds is 11. The van der Waals surface area contributed by atoms with Gasteiger partial charge in [0.15, 0.2) is 0 Å². The lowest BCUT2D eigenvalue weighted by molar-refractivity contribution is -0.124. The van der Waals surface area contributed by atoms with Crippen LogP contribution >= 0.6 is 0 Å². The Labute approximate surface area is 219 Å². The number of carbonyl (C=O) groups excluding carboxylic acids is 2. The van der Waals surface area contributed by atoms with Gasteiger partial charge in [-0.05, 0) is 68.6 Å². The molecule has 2 aliphatic carbocycles. The monoisotopic (exact) mass is 524 g/mol. The highest BCUT2D eigenvalue weighted by Crippen LogP contribution is 2.39. The number of aromatic nitrogens is 2. The van der Waals surface area contributed by atoms with Crippen molar-refractivity contribution in [2.45, 2.75) is 89.0 Å². The summed E-state index contributed by atoms with van der Waals surface area (Å²) >= 11 is 0. The molecule has 9 heteroatoms. The molecule has 3 aliphatic rings. The van der Waals surface area contributed by atoms with Gasteiger partial charge < -0.3 is 5.32 Å². The summed E-state index contributed by atoms with van der Waals surface area (Å²) in [6, 6.07) is 10.1. The van der Waals surface area contributed by atoms with Gasteiger partial charge in [-0.3, -0.25) is 14.3 Å². The van der Waals surface area contributed by atoms with Crippen molar-refractivity contribution in [2.75, 3.05) is 0 Å². The van der Waals surface area contributed by atoms with E-state index in [2.05, 4.69) is 34.2 Å². The van der Waals surface area contributed by atoms with Crippen LogP contribution in [0.15, 0.2) is 42.1 Å². The molecule has 0 spiro atoms. The van der Waals surface area contributed by atoms with Crippen LogP contribution in [0.2, 0.25) is 0 Å². The van der Waals surface area contributed by atoms with E-state index in [9.17, 15) is 18.0 Å². The predicted molar refractivity (Wildman–Crippen MR) is 142 cm³/mol. The minimum absolute atomic E-state index is 0.172. The van der Waals surface area contributed by atoms with Crippen molar-refractivity contribution in [1.29, 1.82) is 0 Å². The number of sulfonamides is 1. The average Bonchev–Trinajstić information content (AvgIpc) is 3.77. The topological polar surface area (TPSA) is 110 Å². The molecule has 2 heterocycles. The first-order chi connectivity index (χ1) is 17.7. The fourth-order valence-corrected chi connectivity index (χ4v) is 6.30. The summed E-state index contributed by atoms with van der Waals surface area (Å²) in [7, 11) is -3.80. The zero-order valence-corrected chi connectivity index (χ0v) is 22.4. The number of unbranched alkanes of at least 4 members (excludes halogenated alkanes) is 2. The molecule has 1 aliphatic heterocycles. The van der Waals surface area contributed by atoms with E-state index in [0.29, 0.717) is 36.4 Å². The molecule has 2 fully saturated rings. The van der Waals surface area contributed by atoms with Crippen LogP contribution in [0.4, 0.5) is 0 Å². The Morgan fingerprint density at radius 3 is 2.51 bits per heavy atom. The highest BCUT2D eigenvalue weighted by molar-refractivity contribution is 7.91. The summed E-state index contributed by atoms with van der Waals surface area (Å²) in [4.78, 5) is 26.7. The molecule has 198 valence electrons. The van der Waals surface area contributed by atoms with E-state index in [4.69, 9.17) is 0 Å². The fraction of sp³-hybridized carbons (Fsp3) is 0.536. The maximum atomic E-state index is 13.5. The van der Waals surface area contributed by atoms with Crippen molar-refractivity contribution in [1.82, 2.24) is 19.8 Å². The van der Waals surface area contributed by atoms with Crippen molar-refractivity contribution in [2.24, 2.45) is 5.92 Å². The molecule has 0 radical (unpaired) electrons. The smallest absolute Gasteiger partial charge is 0.270 e. The highest BCUT2D eigenvalue weighted by Gasteiger charge is 2.43. The quantitative estimate of drug-likeness (QED) is 0.343. The maximum Gasteiger partial charge on any atom is 0.270 e. The third-order valence-corrected chi connectivity index (χ3v) is 9.44. The Bertz CT molecular complexity index is 1320. The van der Waals surface area contributed by atoms with Gasteiger partial charge in [0, 0.05) is 24.7 Å². The van der Waals surface area contributed by atoms with Gasteiger partial charge in [-0.2, -0.15) is 5.10 Å². The summed E-state index contributed by atoms with van der Waals surface area (Å²) in [6.07, 6.45) is 10.1. The molecular formula is C28H36N4O4S. The van der Waals surface area contributed by atoms with E-state index in [1.165, 1.54) is 31.2 Å². The number of nitrogens with one attached hydrogen (secondary N) is 2. The van der Waals surface area contributed by atoms with Gasteiger partial charge in [-0.1, -0.05) is 44.0 Å². The summed E-state index contributed by atoms with van der Waals surface area (Å²) in [5.41, 5.74) is 2.24. The number of nitrogens with zero attached hydrogens (tertiary/aromatic N) is 2. The minimum atomic E-state index is -3.80. The third-order valence-electron chi connectivity index (χ3n) is 7.63. The lowest BCUT2D eigenvalue weighted by Crippen LogP contribution is -2.51. The van der Waals surface area contributed by atoms with Crippen LogP contribution in [0.1, 0.15) is 82.0 Å². The van der Waals surface area contributed by atoms with Crippen molar-refractivity contribution < 1.29 is 18.0 Å². The van der Waals surface area contributed by atoms with E-state index in [1.807, 2.05) is 36.0 Å². The van der Waals surface area contributed by atoms with Gasteiger partial charge in [0.25, 0.3) is 11.8 Å². The van der Waals surface area contributed by atoms with E-state index in [0.717, 1.165) is 24.9 Å². The molecular weight excluding hydrogens is 488 g/mol. The molecule has 1 atom stereocenters. The molecule has 2 aromatic rings. The SMILES string of the molecule is CCCCCc1ccc([C@]2(C)CC(c3ccn(CC4CC4)n3)=C(C(=O)NS(=O)(=O)C3CC3)C(=O)N2)cc1. The second-order valence-corrected chi connectivity index (χ2v) is 13.0. The van der Waals surface area contributed by atoms with E-state index in [-0.39, 0.29) is 5.57 Å². The molecule has 5 rings (SSSR count). The predicted octanol–water partition coefficient (Wildman–Crippen LogP) is 3.82. The summed E-state index contributed by atoms with van der Waals surface area (Å²) < 4.78 is 29.0. The number of amides is 2. The highest BCUT2D eigenvalue weighted by atomic mass is 32.2. The second kappa shape index (κ2) is 10.1. The first-order valence-electron chi connectivity index (χ1n) is 13.4. The van der Waals surface area contributed by atoms with Crippen LogP contribution < -0.4 is 10.0 Å².